The lowest BCUT2D eigenvalue weighted by Gasteiger charge is -2.49. The standard InChI is InChI=1S/C26H28N2O3.C25H33N3O3.C24H30N2O4.C23H37N3O2/c29-26(23-11-13-24(14-12-23)31-20-21-7-3-1-4-8-21)27-19-25(22-9-5-2-6-10-22)28-15-17-30-18-16-28;1-27-13-15-28(16-14-27)25(11-17-30-18-12-25)20-26-24(29)22-7-9-23(10-8-22)31-19-21-5-3-2-4-6-21;27-23(21-6-8-22(9-7-21)30-18-20-4-2-1-3-5-20)25-19-24(10-14-28-15-11-24)26-12-16-29-17-13-26;1-3-4-18-28-21-10-8-20(9-11-21)22(27)24-19-23(12-6-5-7-13-23)26-16-14-25(2)15-17-26/h1-14,25H,15-20H2,(H,27,29);2-10H,11-20H2,1H3,(H,26,29);1-9H,10-19H2,(H,25,27);8-11H,3-7,12-19H2,1-2H3,(H,24,27). The lowest BCUT2D eigenvalue weighted by molar-refractivity contribution is -0.0693. The van der Waals surface area contributed by atoms with Gasteiger partial charge in [0.25, 0.3) is 23.6 Å². The number of piperazine rings is 2. The molecule has 6 heterocycles. The summed E-state index contributed by atoms with van der Waals surface area (Å²) >= 11 is 0. The summed E-state index contributed by atoms with van der Waals surface area (Å²) in [5.41, 5.74) is 7.28. The Bertz CT molecular complexity index is 4260. The van der Waals surface area contributed by atoms with Crippen LogP contribution in [-0.2, 0) is 38.8 Å². The molecule has 7 fully saturated rings. The van der Waals surface area contributed by atoms with Crippen molar-refractivity contribution in [2.75, 3.05) is 178 Å². The molecule has 120 heavy (non-hydrogen) atoms. The fourth-order valence-electron chi connectivity index (χ4n) is 16.8. The van der Waals surface area contributed by atoms with Gasteiger partial charge in [0, 0.05) is 170 Å². The van der Waals surface area contributed by atoms with Gasteiger partial charge in [-0.15, -0.1) is 0 Å². The van der Waals surface area contributed by atoms with Gasteiger partial charge in [0.15, 0.2) is 0 Å². The van der Waals surface area contributed by atoms with Crippen LogP contribution in [0.2, 0.25) is 0 Å². The maximum Gasteiger partial charge on any atom is 0.251 e. The highest BCUT2D eigenvalue weighted by Gasteiger charge is 2.43. The molecule has 0 spiro atoms. The smallest absolute Gasteiger partial charge is 0.251 e. The minimum Gasteiger partial charge on any atom is -0.494 e. The number of nitrogens with zero attached hydrogens (tertiary/aromatic N) is 6. The van der Waals surface area contributed by atoms with Gasteiger partial charge >= 0.3 is 0 Å². The second-order valence-corrected chi connectivity index (χ2v) is 32.6. The zero-order chi connectivity index (χ0) is 83.3. The van der Waals surface area contributed by atoms with Crippen LogP contribution in [0.25, 0.3) is 0 Å². The van der Waals surface area contributed by atoms with Gasteiger partial charge in [0.05, 0.1) is 39.1 Å². The van der Waals surface area contributed by atoms with Crippen LogP contribution in [0.5, 0.6) is 23.0 Å². The molecule has 6 saturated heterocycles. The number of unbranched alkanes of at least 4 members (excludes halogenated alkanes) is 1. The molecule has 0 radical (unpaired) electrons. The van der Waals surface area contributed by atoms with Crippen molar-refractivity contribution in [1.29, 1.82) is 0 Å². The minimum absolute atomic E-state index is 0.00605. The normalized spacial score (nSPS) is 18.6. The summed E-state index contributed by atoms with van der Waals surface area (Å²) in [7, 11) is 4.37. The van der Waals surface area contributed by atoms with Gasteiger partial charge in [0.1, 0.15) is 42.8 Å². The summed E-state index contributed by atoms with van der Waals surface area (Å²) in [4.78, 5) is 66.0. The highest BCUT2D eigenvalue weighted by Crippen LogP contribution is 2.36. The third-order valence-corrected chi connectivity index (χ3v) is 24.5. The number of carbonyl (C=O) groups is 4. The van der Waals surface area contributed by atoms with E-state index in [0.717, 1.165) is 223 Å². The van der Waals surface area contributed by atoms with E-state index in [1.165, 1.54) is 37.7 Å². The second-order valence-electron chi connectivity index (χ2n) is 32.6. The molecule has 1 atom stereocenters. The Morgan fingerprint density at radius 2 is 0.650 bits per heavy atom. The van der Waals surface area contributed by atoms with E-state index >= 15 is 0 Å². The van der Waals surface area contributed by atoms with E-state index < -0.39 is 0 Å². The topological polar surface area (TPSA) is 210 Å². The first kappa shape index (κ1) is 89.7. The fourth-order valence-corrected chi connectivity index (χ4v) is 16.8. The average Bonchev–Trinajstić information content (AvgIpc) is 0.800. The third kappa shape index (κ3) is 27.5. The van der Waals surface area contributed by atoms with Gasteiger partial charge in [-0.25, -0.2) is 0 Å². The predicted octanol–water partition coefficient (Wildman–Crippen LogP) is 13.3. The first-order valence-electron chi connectivity index (χ1n) is 43.7. The molecule has 0 aromatic heterocycles. The zero-order valence-electron chi connectivity index (χ0n) is 71.0. The summed E-state index contributed by atoms with van der Waals surface area (Å²) in [6, 6.07) is 70.2. The lowest BCUT2D eigenvalue weighted by atomic mass is 9.79. The largest absolute Gasteiger partial charge is 0.494 e. The Kier molecular flexibility index (Phi) is 35.6. The van der Waals surface area contributed by atoms with Crippen LogP contribution >= 0.6 is 0 Å². The van der Waals surface area contributed by atoms with E-state index in [1.807, 2.05) is 206 Å². The number of hydrogen-bond donors (Lipinski definition) is 4. The van der Waals surface area contributed by atoms with Crippen molar-refractivity contribution < 1.29 is 57.1 Å². The van der Waals surface area contributed by atoms with Crippen molar-refractivity contribution in [1.82, 2.24) is 50.7 Å². The van der Waals surface area contributed by atoms with Crippen LogP contribution in [0.15, 0.2) is 218 Å². The van der Waals surface area contributed by atoms with Crippen LogP contribution in [0, 0.1) is 0 Å². The number of amides is 4. The molecule has 7 aliphatic rings. The van der Waals surface area contributed by atoms with Crippen LogP contribution in [-0.4, -0.2) is 248 Å². The molecule has 15 rings (SSSR count). The maximum atomic E-state index is 12.8. The molecule has 4 amide bonds. The molecule has 1 aliphatic carbocycles. The molecule has 642 valence electrons. The molecule has 22 nitrogen and oxygen atoms in total. The number of nitrogens with one attached hydrogen (secondary N) is 4. The van der Waals surface area contributed by atoms with Crippen molar-refractivity contribution in [3.05, 3.63) is 263 Å². The van der Waals surface area contributed by atoms with Crippen LogP contribution < -0.4 is 40.2 Å². The van der Waals surface area contributed by atoms with Gasteiger partial charge in [-0.1, -0.05) is 154 Å². The van der Waals surface area contributed by atoms with E-state index in [2.05, 4.69) is 83.8 Å². The SMILES string of the molecule is CCCCOc1ccc(C(=O)NCC2(N3CCN(C)CC3)CCCCC2)cc1.CN1CCN(C2(CNC(=O)c3ccc(OCc4ccccc4)cc3)CCOCC2)CC1.O=C(NCC(c1ccccc1)N1CCOCC1)c1ccc(OCc2ccccc2)cc1.O=C(NCC1(N2CCOCC2)CCOCC1)c1ccc(OCc2ccccc2)cc1. The highest BCUT2D eigenvalue weighted by atomic mass is 16.5. The van der Waals surface area contributed by atoms with Crippen molar-refractivity contribution in [2.45, 2.75) is 120 Å². The van der Waals surface area contributed by atoms with Gasteiger partial charge in [-0.2, -0.15) is 0 Å². The molecule has 22 heteroatoms. The summed E-state index contributed by atoms with van der Waals surface area (Å²) < 4.78 is 45.4. The molecular formula is C98H128N10O12. The zero-order valence-corrected chi connectivity index (χ0v) is 71.0. The number of ether oxygens (including phenoxy) is 8. The molecule has 6 aliphatic heterocycles. The molecule has 4 N–H and O–H groups in total. The first-order valence-corrected chi connectivity index (χ1v) is 43.7. The van der Waals surface area contributed by atoms with Crippen molar-refractivity contribution >= 4 is 23.6 Å². The van der Waals surface area contributed by atoms with E-state index in [0.29, 0.717) is 61.7 Å². The second kappa shape index (κ2) is 47.6. The minimum atomic E-state index is -0.0798. The molecule has 8 aromatic carbocycles. The molecule has 0 bridgehead atoms. The Hall–Kier alpha value is -9.56. The first-order chi connectivity index (χ1) is 58.8. The van der Waals surface area contributed by atoms with E-state index in [4.69, 9.17) is 37.9 Å². The van der Waals surface area contributed by atoms with Crippen molar-refractivity contribution in [3.63, 3.8) is 0 Å². The van der Waals surface area contributed by atoms with Crippen molar-refractivity contribution in [2.24, 2.45) is 0 Å². The molecule has 1 saturated carbocycles. The Morgan fingerprint density at radius 3 is 1.01 bits per heavy atom. The third-order valence-electron chi connectivity index (χ3n) is 24.5. The fraction of sp³-hybridized carbons (Fsp3) is 0.469. The summed E-state index contributed by atoms with van der Waals surface area (Å²) in [6.07, 6.45) is 12.2. The Balaban J connectivity index is 0.000000147. The van der Waals surface area contributed by atoms with E-state index in [-0.39, 0.29) is 46.3 Å². The molecule has 8 aromatic rings. The van der Waals surface area contributed by atoms with Crippen molar-refractivity contribution in [3.8, 4) is 23.0 Å². The maximum absolute atomic E-state index is 12.8. The predicted molar refractivity (Wildman–Crippen MR) is 471 cm³/mol. The number of carbonyl (C=O) groups excluding carboxylic acids is 4. The van der Waals surface area contributed by atoms with E-state index in [1.54, 1.807) is 0 Å². The van der Waals surface area contributed by atoms with Gasteiger partial charge in [0.2, 0.25) is 0 Å². The molecular weight excluding hydrogens is 1510 g/mol. The van der Waals surface area contributed by atoms with Crippen LogP contribution in [0.4, 0.5) is 0 Å². The monoisotopic (exact) mass is 1640 g/mol. The Morgan fingerprint density at radius 1 is 0.342 bits per heavy atom. The summed E-state index contributed by atoms with van der Waals surface area (Å²) in [5.74, 6) is 2.96. The van der Waals surface area contributed by atoms with Crippen LogP contribution in [0.3, 0.4) is 0 Å². The lowest BCUT2D eigenvalue weighted by Crippen LogP contribution is -2.62. The van der Waals surface area contributed by atoms with Gasteiger partial charge in [-0.3, -0.25) is 38.8 Å². The number of hydrogen-bond acceptors (Lipinski definition) is 18. The van der Waals surface area contributed by atoms with Gasteiger partial charge < -0.3 is 69.0 Å². The average molecular weight is 1640 g/mol. The number of morpholine rings is 2. The Labute approximate surface area is 711 Å². The van der Waals surface area contributed by atoms with Gasteiger partial charge in [-0.05, 0) is 178 Å². The summed E-state index contributed by atoms with van der Waals surface area (Å²) in [5, 5.41) is 12.7. The van der Waals surface area contributed by atoms with E-state index in [9.17, 15) is 19.2 Å². The van der Waals surface area contributed by atoms with Crippen LogP contribution in [0.1, 0.15) is 147 Å². The molecule has 1 unspecified atom stereocenters. The highest BCUT2D eigenvalue weighted by molar-refractivity contribution is 5.96. The number of likely N-dealkylation sites (N-methyl/N-ethyl adjacent to an activating group) is 2. The number of benzene rings is 8. The summed E-state index contributed by atoms with van der Waals surface area (Å²) in [6.45, 7) is 25.2. The quantitative estimate of drug-likeness (QED) is 0.0309. The number of rotatable bonds is 30.